The molecule has 2 unspecified atom stereocenters. The average Bonchev–Trinajstić information content (AvgIpc) is 2.42. The third-order valence-electron chi connectivity index (χ3n) is 4.53. The first-order chi connectivity index (χ1) is 9.52. The zero-order chi connectivity index (χ0) is 15.4. The van der Waals surface area contributed by atoms with Gasteiger partial charge < -0.3 is 4.74 Å². The van der Waals surface area contributed by atoms with Crippen LogP contribution in [0.25, 0.3) is 0 Å². The van der Waals surface area contributed by atoms with E-state index in [0.29, 0.717) is 12.5 Å². The summed E-state index contributed by atoms with van der Waals surface area (Å²) in [5.74, 6) is 0.550. The Morgan fingerprint density at radius 3 is 2.25 bits per heavy atom. The lowest BCUT2D eigenvalue weighted by atomic mass is 9.85. The average molecular weight is 301 g/mol. The van der Waals surface area contributed by atoms with Gasteiger partial charge in [-0.15, -0.1) is 0 Å². The molecular formula is C17H36O2Si. The lowest BCUT2D eigenvalue weighted by Crippen LogP contribution is -2.33. The van der Waals surface area contributed by atoms with Gasteiger partial charge in [-0.05, 0) is 18.8 Å². The van der Waals surface area contributed by atoms with E-state index in [1.54, 1.807) is 0 Å². The molecule has 3 heteroatoms. The standard InChI is InChI=1S/C17H36O2Si/c1-5-8-9-10-11-14-19-16(18)17(20,13-7-3)15(4)12-6-2/h15H,5-14H2,1-4,20H3. The Labute approximate surface area is 129 Å². The molecule has 20 heavy (non-hydrogen) atoms. The highest BCUT2D eigenvalue weighted by Crippen LogP contribution is 2.41. The lowest BCUT2D eigenvalue weighted by molar-refractivity contribution is -0.149. The van der Waals surface area contributed by atoms with Gasteiger partial charge in [-0.2, -0.15) is 0 Å². The summed E-state index contributed by atoms with van der Waals surface area (Å²) < 4.78 is 5.60. The van der Waals surface area contributed by atoms with Crippen LogP contribution in [-0.4, -0.2) is 22.8 Å². The quantitative estimate of drug-likeness (QED) is 0.306. The van der Waals surface area contributed by atoms with Crippen molar-refractivity contribution < 1.29 is 9.53 Å². The number of carbonyl (C=O) groups excluding carboxylic acids is 1. The van der Waals surface area contributed by atoms with Gasteiger partial charge in [0, 0.05) is 10.2 Å². The van der Waals surface area contributed by atoms with Crippen molar-refractivity contribution in [2.75, 3.05) is 6.61 Å². The van der Waals surface area contributed by atoms with Crippen molar-refractivity contribution in [2.24, 2.45) is 5.92 Å². The van der Waals surface area contributed by atoms with Crippen LogP contribution in [0.1, 0.15) is 85.5 Å². The maximum Gasteiger partial charge on any atom is 0.308 e. The van der Waals surface area contributed by atoms with Crippen molar-refractivity contribution in [3.05, 3.63) is 0 Å². The molecular weight excluding hydrogens is 264 g/mol. The van der Waals surface area contributed by atoms with Crippen LogP contribution in [0.15, 0.2) is 0 Å². The first-order valence-electron chi connectivity index (χ1n) is 8.70. The molecule has 0 heterocycles. The van der Waals surface area contributed by atoms with Crippen molar-refractivity contribution in [3.8, 4) is 0 Å². The highest BCUT2D eigenvalue weighted by Gasteiger charge is 2.38. The van der Waals surface area contributed by atoms with E-state index in [-0.39, 0.29) is 11.0 Å². The van der Waals surface area contributed by atoms with E-state index in [0.717, 1.165) is 42.3 Å². The molecule has 0 bridgehead atoms. The monoisotopic (exact) mass is 300 g/mol. The second-order valence-corrected chi connectivity index (χ2v) is 8.19. The fourth-order valence-corrected chi connectivity index (χ4v) is 3.79. The molecule has 2 nitrogen and oxygen atoms in total. The first kappa shape index (κ1) is 19.7. The summed E-state index contributed by atoms with van der Waals surface area (Å²) in [6.45, 7) is 9.44. The van der Waals surface area contributed by atoms with Gasteiger partial charge in [0.05, 0.1) is 11.6 Å². The third kappa shape index (κ3) is 6.92. The number of unbranched alkanes of at least 4 members (excludes halogenated alkanes) is 4. The minimum Gasteiger partial charge on any atom is -0.466 e. The van der Waals surface area contributed by atoms with Crippen LogP contribution in [0.3, 0.4) is 0 Å². The SMILES string of the molecule is CCCCCCCOC(=O)C([SiH3])(CCC)C(C)CCC. The summed E-state index contributed by atoms with van der Waals surface area (Å²) in [6, 6.07) is 0. The zero-order valence-corrected chi connectivity index (χ0v) is 16.5. The van der Waals surface area contributed by atoms with Crippen LogP contribution in [0, 0.1) is 5.92 Å². The molecule has 120 valence electrons. The molecule has 0 aromatic carbocycles. The molecule has 0 fully saturated rings. The van der Waals surface area contributed by atoms with E-state index >= 15 is 0 Å². The van der Waals surface area contributed by atoms with Gasteiger partial charge in [-0.25, -0.2) is 0 Å². The van der Waals surface area contributed by atoms with Gasteiger partial charge in [0.2, 0.25) is 0 Å². The van der Waals surface area contributed by atoms with Crippen LogP contribution >= 0.6 is 0 Å². The van der Waals surface area contributed by atoms with E-state index in [1.807, 2.05) is 0 Å². The van der Waals surface area contributed by atoms with E-state index in [4.69, 9.17) is 4.74 Å². The van der Waals surface area contributed by atoms with Gasteiger partial charge >= 0.3 is 5.97 Å². The molecule has 0 aliphatic carbocycles. The van der Waals surface area contributed by atoms with Crippen molar-refractivity contribution >= 4 is 16.2 Å². The van der Waals surface area contributed by atoms with E-state index in [1.165, 1.54) is 25.7 Å². The summed E-state index contributed by atoms with van der Waals surface area (Å²) in [4.78, 5) is 12.5. The normalized spacial score (nSPS) is 15.8. The summed E-state index contributed by atoms with van der Waals surface area (Å²) in [5.41, 5.74) is 0. The molecule has 0 saturated carbocycles. The molecule has 0 saturated heterocycles. The summed E-state index contributed by atoms with van der Waals surface area (Å²) in [6.07, 6.45) is 10.4. The van der Waals surface area contributed by atoms with Gasteiger partial charge in [0.25, 0.3) is 0 Å². The van der Waals surface area contributed by atoms with Crippen molar-refractivity contribution in [2.45, 2.75) is 90.5 Å². The molecule has 0 aliphatic rings. The Bertz CT molecular complexity index is 255. The number of hydrogen-bond acceptors (Lipinski definition) is 2. The Kier molecular flexibility index (Phi) is 11.2. The minimum absolute atomic E-state index is 0.0856. The molecule has 0 aromatic heterocycles. The van der Waals surface area contributed by atoms with E-state index in [2.05, 4.69) is 27.7 Å². The van der Waals surface area contributed by atoms with E-state index in [9.17, 15) is 4.79 Å². The van der Waals surface area contributed by atoms with Crippen molar-refractivity contribution in [1.82, 2.24) is 0 Å². The second kappa shape index (κ2) is 11.4. The number of rotatable bonds is 12. The smallest absolute Gasteiger partial charge is 0.308 e. The first-order valence-corrected chi connectivity index (χ1v) is 9.70. The molecule has 0 N–H and O–H groups in total. The van der Waals surface area contributed by atoms with Crippen LogP contribution in [0.4, 0.5) is 0 Å². The fraction of sp³-hybridized carbons (Fsp3) is 0.941. The van der Waals surface area contributed by atoms with Crippen molar-refractivity contribution in [3.63, 3.8) is 0 Å². The van der Waals surface area contributed by atoms with Gasteiger partial charge in [-0.1, -0.05) is 72.6 Å². The number of carbonyl (C=O) groups is 1. The summed E-state index contributed by atoms with van der Waals surface area (Å²) >= 11 is 0. The predicted octanol–water partition coefficient (Wildman–Crippen LogP) is 4.26. The van der Waals surface area contributed by atoms with E-state index < -0.39 is 0 Å². The topological polar surface area (TPSA) is 26.3 Å². The number of esters is 1. The molecule has 0 rings (SSSR count). The highest BCUT2D eigenvalue weighted by atomic mass is 28.1. The molecule has 0 spiro atoms. The van der Waals surface area contributed by atoms with Gasteiger partial charge in [0.1, 0.15) is 0 Å². The Morgan fingerprint density at radius 1 is 1.05 bits per heavy atom. The molecule has 0 aromatic rings. The molecule has 2 atom stereocenters. The maximum atomic E-state index is 12.5. The second-order valence-electron chi connectivity index (χ2n) is 6.41. The molecule has 0 radical (unpaired) electrons. The van der Waals surface area contributed by atoms with Crippen LogP contribution in [-0.2, 0) is 9.53 Å². The highest BCUT2D eigenvalue weighted by molar-refractivity contribution is 6.27. The summed E-state index contributed by atoms with van der Waals surface area (Å²) in [5, 5.41) is -0.159. The fourth-order valence-electron chi connectivity index (χ4n) is 2.86. The Hall–Kier alpha value is -0.313. The Morgan fingerprint density at radius 2 is 1.70 bits per heavy atom. The minimum atomic E-state index is -0.159. The maximum absolute atomic E-state index is 12.5. The van der Waals surface area contributed by atoms with Gasteiger partial charge in [-0.3, -0.25) is 4.79 Å². The van der Waals surface area contributed by atoms with Crippen LogP contribution in [0.2, 0.25) is 5.04 Å². The number of hydrogen-bond donors (Lipinski definition) is 0. The van der Waals surface area contributed by atoms with Crippen LogP contribution in [0.5, 0.6) is 0 Å². The van der Waals surface area contributed by atoms with Gasteiger partial charge in [0.15, 0.2) is 0 Å². The Balaban J connectivity index is 4.21. The summed E-state index contributed by atoms with van der Waals surface area (Å²) in [7, 11) is 0.906. The van der Waals surface area contributed by atoms with Crippen molar-refractivity contribution in [1.29, 1.82) is 0 Å². The molecule has 0 aliphatic heterocycles. The lowest BCUT2D eigenvalue weighted by Gasteiger charge is -2.33. The largest absolute Gasteiger partial charge is 0.466 e. The predicted molar refractivity (Wildman–Crippen MR) is 91.3 cm³/mol. The zero-order valence-electron chi connectivity index (χ0n) is 14.5. The third-order valence-corrected chi connectivity index (χ3v) is 6.42. The van der Waals surface area contributed by atoms with Crippen LogP contribution < -0.4 is 0 Å². The number of ether oxygens (including phenoxy) is 1. The molecule has 0 amide bonds.